The molecule has 0 atom stereocenters. The number of aromatic nitrogens is 2. The average Bonchev–Trinajstić information content (AvgIpc) is 3.31. The Labute approximate surface area is 212 Å². The first-order chi connectivity index (χ1) is 17.5. The summed E-state index contributed by atoms with van der Waals surface area (Å²) >= 11 is 3.29. The van der Waals surface area contributed by atoms with Gasteiger partial charge in [-0.25, -0.2) is 4.98 Å². The summed E-state index contributed by atoms with van der Waals surface area (Å²) < 4.78 is 13.1. The van der Waals surface area contributed by atoms with Crippen LogP contribution in [0.25, 0.3) is 33.5 Å². The highest BCUT2D eigenvalue weighted by atomic mass is 79.9. The molecule has 0 radical (unpaired) electrons. The second kappa shape index (κ2) is 9.59. The summed E-state index contributed by atoms with van der Waals surface area (Å²) in [4.78, 5) is 29.2. The number of nitro groups is 1. The van der Waals surface area contributed by atoms with Crippen LogP contribution >= 0.6 is 15.9 Å². The van der Waals surface area contributed by atoms with Gasteiger partial charge in [0, 0.05) is 21.5 Å². The second-order valence-corrected chi connectivity index (χ2v) is 8.58. The van der Waals surface area contributed by atoms with Gasteiger partial charge in [-0.05, 0) is 30.3 Å². The van der Waals surface area contributed by atoms with E-state index in [-0.39, 0.29) is 29.4 Å². The van der Waals surface area contributed by atoms with Gasteiger partial charge in [0.2, 0.25) is 11.6 Å². The first-order valence-corrected chi connectivity index (χ1v) is 11.5. The number of hydrogen-bond acceptors (Lipinski definition) is 7. The fraction of sp³-hybridized carbons (Fsp3) is 0.0385. The summed E-state index contributed by atoms with van der Waals surface area (Å²) in [5.74, 6) is 0.530. The standard InChI is InChI=1S/C26H17BrN4O5/c1-2-11-35-24-17(12-18(27)14-21(24)31(33)34)15-28-30-25(23-13-16-7-3-6-10-22(16)36-23)29-20-9-5-4-8-19(20)26(30)32/h2-10,12-15H,1,11H2. The molecule has 0 spiro atoms. The number of nitrogens with zero attached hydrogens (tertiary/aromatic N) is 4. The molecular weight excluding hydrogens is 528 g/mol. The zero-order valence-electron chi connectivity index (χ0n) is 18.6. The Balaban J connectivity index is 1.73. The Hall–Kier alpha value is -4.57. The van der Waals surface area contributed by atoms with E-state index in [2.05, 4.69) is 32.6 Å². The van der Waals surface area contributed by atoms with E-state index in [9.17, 15) is 14.9 Å². The highest BCUT2D eigenvalue weighted by molar-refractivity contribution is 9.10. The van der Waals surface area contributed by atoms with Gasteiger partial charge in [0.05, 0.1) is 22.0 Å². The molecule has 2 aromatic heterocycles. The summed E-state index contributed by atoms with van der Waals surface area (Å²) in [5, 5.41) is 17.2. The van der Waals surface area contributed by atoms with E-state index in [1.807, 2.05) is 24.3 Å². The Morgan fingerprint density at radius 3 is 2.72 bits per heavy atom. The van der Waals surface area contributed by atoms with E-state index in [0.29, 0.717) is 26.7 Å². The first kappa shape index (κ1) is 23.2. The second-order valence-electron chi connectivity index (χ2n) is 7.66. The Morgan fingerprint density at radius 1 is 1.17 bits per heavy atom. The summed E-state index contributed by atoms with van der Waals surface area (Å²) in [5.41, 5.74) is 0.721. The normalized spacial score (nSPS) is 11.4. The van der Waals surface area contributed by atoms with Crippen LogP contribution in [0.1, 0.15) is 5.56 Å². The van der Waals surface area contributed by atoms with E-state index in [1.54, 1.807) is 36.4 Å². The predicted molar refractivity (Wildman–Crippen MR) is 141 cm³/mol. The fourth-order valence-electron chi connectivity index (χ4n) is 3.73. The maximum absolute atomic E-state index is 13.5. The first-order valence-electron chi connectivity index (χ1n) is 10.7. The molecule has 3 aromatic carbocycles. The van der Waals surface area contributed by atoms with Crippen LogP contribution in [-0.2, 0) is 0 Å². The van der Waals surface area contributed by atoms with Gasteiger partial charge in [-0.3, -0.25) is 14.9 Å². The minimum Gasteiger partial charge on any atom is -0.482 e. The van der Waals surface area contributed by atoms with Crippen molar-refractivity contribution in [1.29, 1.82) is 0 Å². The van der Waals surface area contributed by atoms with Crippen molar-refractivity contribution in [3.63, 3.8) is 0 Å². The maximum Gasteiger partial charge on any atom is 0.312 e. The summed E-state index contributed by atoms with van der Waals surface area (Å²) in [6, 6.07) is 19.1. The fourth-order valence-corrected chi connectivity index (χ4v) is 4.20. The van der Waals surface area contributed by atoms with Gasteiger partial charge < -0.3 is 9.15 Å². The van der Waals surface area contributed by atoms with Gasteiger partial charge in [0.1, 0.15) is 12.2 Å². The minimum absolute atomic E-state index is 0.000987. The lowest BCUT2D eigenvalue weighted by Gasteiger charge is -2.10. The minimum atomic E-state index is -0.551. The van der Waals surface area contributed by atoms with Crippen LogP contribution in [0, 0.1) is 10.1 Å². The molecule has 0 saturated carbocycles. The molecule has 0 N–H and O–H groups in total. The number of rotatable bonds is 7. The van der Waals surface area contributed by atoms with Crippen LogP contribution in [0.15, 0.2) is 98.2 Å². The lowest BCUT2D eigenvalue weighted by molar-refractivity contribution is -0.385. The summed E-state index contributed by atoms with van der Waals surface area (Å²) in [7, 11) is 0. The third-order valence-electron chi connectivity index (χ3n) is 5.32. The molecule has 0 bridgehead atoms. The molecule has 0 amide bonds. The van der Waals surface area contributed by atoms with Crippen LogP contribution in [0.3, 0.4) is 0 Å². The Kier molecular flexibility index (Phi) is 6.17. The number of para-hydroxylation sites is 2. The highest BCUT2D eigenvalue weighted by Gasteiger charge is 2.21. The lowest BCUT2D eigenvalue weighted by atomic mass is 10.2. The van der Waals surface area contributed by atoms with Crippen LogP contribution in [-0.4, -0.2) is 27.4 Å². The summed E-state index contributed by atoms with van der Waals surface area (Å²) in [6.45, 7) is 3.64. The Bertz CT molecular complexity index is 1710. The van der Waals surface area contributed by atoms with Crippen LogP contribution in [0.4, 0.5) is 5.69 Å². The van der Waals surface area contributed by atoms with E-state index in [1.165, 1.54) is 18.4 Å². The van der Waals surface area contributed by atoms with Crippen LogP contribution < -0.4 is 10.3 Å². The van der Waals surface area contributed by atoms with Gasteiger partial charge in [0.25, 0.3) is 5.56 Å². The van der Waals surface area contributed by atoms with Gasteiger partial charge in [-0.15, -0.1) is 0 Å². The van der Waals surface area contributed by atoms with Crippen molar-refractivity contribution in [1.82, 2.24) is 9.66 Å². The third-order valence-corrected chi connectivity index (χ3v) is 5.77. The molecule has 0 aliphatic carbocycles. The molecule has 178 valence electrons. The molecule has 5 aromatic rings. The molecule has 10 heteroatoms. The van der Waals surface area contributed by atoms with E-state index >= 15 is 0 Å². The van der Waals surface area contributed by atoms with Crippen molar-refractivity contribution in [3.8, 4) is 17.3 Å². The average molecular weight is 545 g/mol. The highest BCUT2D eigenvalue weighted by Crippen LogP contribution is 2.34. The quantitative estimate of drug-likeness (QED) is 0.109. The molecule has 0 saturated heterocycles. The monoisotopic (exact) mass is 544 g/mol. The summed E-state index contributed by atoms with van der Waals surface area (Å²) in [6.07, 6.45) is 2.80. The zero-order valence-corrected chi connectivity index (χ0v) is 20.2. The lowest BCUT2D eigenvalue weighted by Crippen LogP contribution is -2.20. The topological polar surface area (TPSA) is 113 Å². The van der Waals surface area contributed by atoms with Gasteiger partial charge in [-0.1, -0.05) is 58.9 Å². The number of hydrogen-bond donors (Lipinski definition) is 0. The smallest absolute Gasteiger partial charge is 0.312 e. The van der Waals surface area contributed by atoms with Crippen molar-refractivity contribution in [2.75, 3.05) is 6.61 Å². The van der Waals surface area contributed by atoms with E-state index in [0.717, 1.165) is 10.1 Å². The molecular formula is C26H17BrN4O5. The van der Waals surface area contributed by atoms with Crippen molar-refractivity contribution in [2.45, 2.75) is 0 Å². The maximum atomic E-state index is 13.5. The third kappa shape index (κ3) is 4.29. The van der Waals surface area contributed by atoms with Gasteiger partial charge >= 0.3 is 5.69 Å². The SMILES string of the molecule is C=CCOc1c(C=Nn2c(-c3cc4ccccc4o3)nc3ccccc3c2=O)cc(Br)cc1[N+](=O)[O-]. The van der Waals surface area contributed by atoms with Crippen LogP contribution in [0.5, 0.6) is 5.75 Å². The zero-order chi connectivity index (χ0) is 25.2. The van der Waals surface area contributed by atoms with E-state index in [4.69, 9.17) is 9.15 Å². The molecule has 5 rings (SSSR count). The molecule has 2 heterocycles. The Morgan fingerprint density at radius 2 is 1.94 bits per heavy atom. The number of nitro benzene ring substituents is 1. The molecule has 9 nitrogen and oxygen atoms in total. The van der Waals surface area contributed by atoms with Gasteiger partial charge in [-0.2, -0.15) is 9.78 Å². The van der Waals surface area contributed by atoms with Crippen molar-refractivity contribution in [2.24, 2.45) is 5.10 Å². The largest absolute Gasteiger partial charge is 0.482 e. The number of halogens is 1. The predicted octanol–water partition coefficient (Wildman–Crippen LogP) is 5.93. The van der Waals surface area contributed by atoms with Gasteiger partial charge in [0.15, 0.2) is 5.76 Å². The number of ether oxygens (including phenoxy) is 1. The van der Waals surface area contributed by atoms with E-state index < -0.39 is 10.5 Å². The molecule has 36 heavy (non-hydrogen) atoms. The van der Waals surface area contributed by atoms with Crippen molar-refractivity contribution >= 4 is 49.7 Å². The number of furan rings is 1. The van der Waals surface area contributed by atoms with Crippen molar-refractivity contribution in [3.05, 3.63) is 110 Å². The molecule has 0 aliphatic rings. The van der Waals surface area contributed by atoms with Crippen molar-refractivity contribution < 1.29 is 14.1 Å². The number of fused-ring (bicyclic) bond motifs is 2. The molecule has 0 unspecified atom stereocenters. The molecule has 0 aliphatic heterocycles. The van der Waals surface area contributed by atoms with Crippen LogP contribution in [0.2, 0.25) is 0 Å². The number of benzene rings is 3. The molecule has 0 fully saturated rings.